The van der Waals surface area contributed by atoms with Gasteiger partial charge in [0.2, 0.25) is 5.91 Å². The molecule has 0 aliphatic heterocycles. The summed E-state index contributed by atoms with van der Waals surface area (Å²) in [5.41, 5.74) is 0. The molecule has 0 fully saturated rings. The minimum absolute atomic E-state index is 0. The van der Waals surface area contributed by atoms with E-state index in [9.17, 15) is 4.79 Å². The Morgan fingerprint density at radius 3 is 2.88 bits per heavy atom. The monoisotopic (exact) mass is 276 g/mol. The van der Waals surface area contributed by atoms with Crippen LogP contribution in [0.15, 0.2) is 17.5 Å². The highest BCUT2D eigenvalue weighted by atomic mass is 35.5. The zero-order valence-electron chi connectivity index (χ0n) is 10.4. The Hall–Kier alpha value is -0.580. The van der Waals surface area contributed by atoms with Crippen LogP contribution >= 0.6 is 23.7 Å². The summed E-state index contributed by atoms with van der Waals surface area (Å²) in [6.45, 7) is 2.95. The van der Waals surface area contributed by atoms with Crippen LogP contribution in [0.3, 0.4) is 0 Å². The van der Waals surface area contributed by atoms with Crippen molar-refractivity contribution in [2.45, 2.75) is 32.2 Å². The van der Waals surface area contributed by atoms with E-state index < -0.39 is 0 Å². The topological polar surface area (TPSA) is 41.1 Å². The van der Waals surface area contributed by atoms with Crippen molar-refractivity contribution >= 4 is 29.7 Å². The number of amides is 1. The van der Waals surface area contributed by atoms with Crippen LogP contribution < -0.4 is 10.6 Å². The molecule has 5 heteroatoms. The fourth-order valence-corrected chi connectivity index (χ4v) is 2.39. The third-order valence-corrected chi connectivity index (χ3v) is 3.22. The molecular formula is C12H21ClN2OS. The van der Waals surface area contributed by atoms with Gasteiger partial charge < -0.3 is 10.6 Å². The number of nitrogens with one attached hydrogen (secondary N) is 2. The summed E-state index contributed by atoms with van der Waals surface area (Å²) in [6.07, 6.45) is 2.43. The Morgan fingerprint density at radius 1 is 1.53 bits per heavy atom. The molecule has 0 aliphatic rings. The average Bonchev–Trinajstić information content (AvgIpc) is 2.70. The molecule has 0 aromatic carbocycles. The van der Waals surface area contributed by atoms with Crippen molar-refractivity contribution in [1.82, 2.24) is 10.6 Å². The lowest BCUT2D eigenvalue weighted by Gasteiger charge is -2.12. The largest absolute Gasteiger partial charge is 0.353 e. The summed E-state index contributed by atoms with van der Waals surface area (Å²) in [7, 11) is 1.90. The smallest absolute Gasteiger partial charge is 0.220 e. The summed E-state index contributed by atoms with van der Waals surface area (Å²) in [5, 5.41) is 8.12. The quantitative estimate of drug-likeness (QED) is 0.750. The maximum atomic E-state index is 11.5. The first-order valence-corrected chi connectivity index (χ1v) is 6.56. The molecule has 17 heavy (non-hydrogen) atoms. The predicted molar refractivity (Wildman–Crippen MR) is 76.0 cm³/mol. The third-order valence-electron chi connectivity index (χ3n) is 2.33. The number of halogens is 1. The van der Waals surface area contributed by atoms with E-state index in [0.717, 1.165) is 19.4 Å². The van der Waals surface area contributed by atoms with Gasteiger partial charge in [0.05, 0.1) is 0 Å². The summed E-state index contributed by atoms with van der Waals surface area (Å²) < 4.78 is 0. The Labute approximate surface area is 113 Å². The Bertz CT molecular complexity index is 303. The standard InChI is InChI=1S/C12H20N2OS.ClH/c1-10(9-11-5-4-8-16-11)14-12(15)6-3-7-13-2;/h4-5,8,10,13H,3,6-7,9H2,1-2H3,(H,14,15);1H. The van der Waals surface area contributed by atoms with E-state index in [1.807, 2.05) is 13.1 Å². The number of carbonyl (C=O) groups is 1. The zero-order chi connectivity index (χ0) is 11.8. The van der Waals surface area contributed by atoms with Gasteiger partial charge >= 0.3 is 0 Å². The summed E-state index contributed by atoms with van der Waals surface area (Å²) in [4.78, 5) is 12.8. The molecule has 2 N–H and O–H groups in total. The SMILES string of the molecule is CNCCCC(=O)NC(C)Cc1cccs1.Cl. The number of hydrogen-bond donors (Lipinski definition) is 2. The minimum atomic E-state index is 0. The van der Waals surface area contributed by atoms with Gasteiger partial charge in [0.1, 0.15) is 0 Å². The van der Waals surface area contributed by atoms with Gasteiger partial charge in [0.15, 0.2) is 0 Å². The van der Waals surface area contributed by atoms with E-state index in [1.165, 1.54) is 4.88 Å². The van der Waals surface area contributed by atoms with Crippen LogP contribution in [-0.4, -0.2) is 25.5 Å². The van der Waals surface area contributed by atoms with Crippen molar-refractivity contribution in [3.63, 3.8) is 0 Å². The highest BCUT2D eigenvalue weighted by Gasteiger charge is 2.08. The second-order valence-electron chi connectivity index (χ2n) is 3.96. The van der Waals surface area contributed by atoms with Gasteiger partial charge in [-0.05, 0) is 38.4 Å². The maximum absolute atomic E-state index is 11.5. The fraction of sp³-hybridized carbons (Fsp3) is 0.583. The van der Waals surface area contributed by atoms with Crippen LogP contribution in [-0.2, 0) is 11.2 Å². The number of thiophene rings is 1. The van der Waals surface area contributed by atoms with E-state index in [-0.39, 0.29) is 24.4 Å². The molecule has 1 heterocycles. The molecule has 1 rings (SSSR count). The van der Waals surface area contributed by atoms with Crippen molar-refractivity contribution in [3.8, 4) is 0 Å². The Kier molecular flexibility index (Phi) is 9.13. The van der Waals surface area contributed by atoms with Gasteiger partial charge in [0.25, 0.3) is 0 Å². The highest BCUT2D eigenvalue weighted by molar-refractivity contribution is 7.09. The summed E-state index contributed by atoms with van der Waals surface area (Å²) in [6, 6.07) is 4.37. The second kappa shape index (κ2) is 9.45. The van der Waals surface area contributed by atoms with Crippen molar-refractivity contribution in [3.05, 3.63) is 22.4 Å². The molecule has 0 radical (unpaired) electrons. The number of hydrogen-bond acceptors (Lipinski definition) is 3. The first-order chi connectivity index (χ1) is 7.72. The predicted octanol–water partition coefficient (Wildman–Crippen LogP) is 2.22. The molecule has 0 aliphatic carbocycles. The maximum Gasteiger partial charge on any atom is 0.220 e. The van der Waals surface area contributed by atoms with Crippen LogP contribution in [0.2, 0.25) is 0 Å². The van der Waals surface area contributed by atoms with Gasteiger partial charge in [-0.15, -0.1) is 23.7 Å². The second-order valence-corrected chi connectivity index (χ2v) is 4.99. The lowest BCUT2D eigenvalue weighted by Crippen LogP contribution is -2.34. The van der Waals surface area contributed by atoms with Crippen LogP contribution in [0.25, 0.3) is 0 Å². The minimum Gasteiger partial charge on any atom is -0.353 e. The zero-order valence-corrected chi connectivity index (χ0v) is 12.0. The fourth-order valence-electron chi connectivity index (χ4n) is 1.55. The van der Waals surface area contributed by atoms with Crippen LogP contribution in [0.4, 0.5) is 0 Å². The van der Waals surface area contributed by atoms with Gasteiger partial charge in [-0.2, -0.15) is 0 Å². The summed E-state index contributed by atoms with van der Waals surface area (Å²) in [5.74, 6) is 0.152. The molecule has 1 aromatic heterocycles. The third kappa shape index (κ3) is 7.36. The Balaban J connectivity index is 0.00000256. The highest BCUT2D eigenvalue weighted by Crippen LogP contribution is 2.10. The molecule has 1 amide bonds. The molecule has 0 saturated heterocycles. The van der Waals surface area contributed by atoms with E-state index in [2.05, 4.69) is 29.0 Å². The van der Waals surface area contributed by atoms with Crippen molar-refractivity contribution in [1.29, 1.82) is 0 Å². The lowest BCUT2D eigenvalue weighted by molar-refractivity contribution is -0.121. The van der Waals surface area contributed by atoms with Crippen molar-refractivity contribution in [2.24, 2.45) is 0 Å². The van der Waals surface area contributed by atoms with E-state index in [0.29, 0.717) is 6.42 Å². The Morgan fingerprint density at radius 2 is 2.29 bits per heavy atom. The van der Waals surface area contributed by atoms with Gasteiger partial charge in [-0.25, -0.2) is 0 Å². The van der Waals surface area contributed by atoms with E-state index in [4.69, 9.17) is 0 Å². The number of carbonyl (C=O) groups excluding carboxylic acids is 1. The van der Waals surface area contributed by atoms with Gasteiger partial charge in [-0.3, -0.25) is 4.79 Å². The van der Waals surface area contributed by atoms with Crippen molar-refractivity contribution in [2.75, 3.05) is 13.6 Å². The first kappa shape index (κ1) is 16.4. The molecular weight excluding hydrogens is 256 g/mol. The van der Waals surface area contributed by atoms with Crippen LogP contribution in [0, 0.1) is 0 Å². The molecule has 0 spiro atoms. The average molecular weight is 277 g/mol. The van der Waals surface area contributed by atoms with Crippen LogP contribution in [0.5, 0.6) is 0 Å². The van der Waals surface area contributed by atoms with Gasteiger partial charge in [0, 0.05) is 23.8 Å². The normalized spacial score (nSPS) is 11.6. The van der Waals surface area contributed by atoms with Crippen molar-refractivity contribution < 1.29 is 4.79 Å². The molecule has 98 valence electrons. The molecule has 1 unspecified atom stereocenters. The van der Waals surface area contributed by atoms with E-state index >= 15 is 0 Å². The molecule has 0 saturated carbocycles. The molecule has 0 bridgehead atoms. The van der Waals surface area contributed by atoms with E-state index in [1.54, 1.807) is 11.3 Å². The molecule has 1 atom stereocenters. The molecule has 3 nitrogen and oxygen atoms in total. The van der Waals surface area contributed by atoms with Gasteiger partial charge in [-0.1, -0.05) is 6.07 Å². The first-order valence-electron chi connectivity index (χ1n) is 5.68. The summed E-state index contributed by atoms with van der Waals surface area (Å²) >= 11 is 1.74. The van der Waals surface area contributed by atoms with Crippen LogP contribution in [0.1, 0.15) is 24.6 Å². The molecule has 1 aromatic rings. The lowest BCUT2D eigenvalue weighted by atomic mass is 10.2. The number of rotatable bonds is 7.